The highest BCUT2D eigenvalue weighted by Crippen LogP contribution is 2.43. The topological polar surface area (TPSA) is 134 Å². The number of unbranched alkanes of at least 4 members (excludes halogenated alkanes) is 45. The van der Waals surface area contributed by atoms with Crippen molar-refractivity contribution in [3.8, 4) is 0 Å². The Hall–Kier alpha value is -1.77. The van der Waals surface area contributed by atoms with Crippen LogP contribution in [0.2, 0.25) is 0 Å². The Labute approximate surface area is 477 Å². The monoisotopic (exact) mass is 1110 g/mol. The third-order valence-electron chi connectivity index (χ3n) is 15.0. The standard InChI is InChI=1S/C67H128NO8P/c1-3-5-7-9-11-13-15-17-19-21-23-25-27-28-29-30-31-32-33-34-35-36-38-39-41-43-45-47-49-51-53-55-57-59-66(69)73-63-65(64-75-77(71,72)74-62-61-68)76-67(70)60-58-56-54-52-50-48-46-44-42-40-37-26-24-22-20-18-16-14-12-10-8-6-4-2/h16,18,21-24,65H,3-15,17,19-20,25-64,68H2,1-2H3,(H,71,72)/b18-16-,23-21-,24-22-. The Morgan fingerprint density at radius 1 is 0.390 bits per heavy atom. The zero-order chi connectivity index (χ0) is 55.9. The van der Waals surface area contributed by atoms with Crippen molar-refractivity contribution in [1.82, 2.24) is 0 Å². The second-order valence-electron chi connectivity index (χ2n) is 22.7. The van der Waals surface area contributed by atoms with Crippen LogP contribution in [-0.2, 0) is 32.7 Å². The molecule has 9 nitrogen and oxygen atoms in total. The quantitative estimate of drug-likeness (QED) is 0.0264. The number of rotatable bonds is 64. The Kier molecular flexibility index (Phi) is 62.0. The first kappa shape index (κ1) is 75.2. The van der Waals surface area contributed by atoms with Crippen molar-refractivity contribution in [2.75, 3.05) is 26.4 Å². The molecule has 0 aromatic heterocycles. The highest BCUT2D eigenvalue weighted by molar-refractivity contribution is 7.47. The lowest BCUT2D eigenvalue weighted by Crippen LogP contribution is -2.29. The molecule has 0 rings (SSSR count). The fraction of sp³-hybridized carbons (Fsp3) is 0.881. The molecule has 10 heteroatoms. The van der Waals surface area contributed by atoms with Gasteiger partial charge in [-0.1, -0.05) is 301 Å². The van der Waals surface area contributed by atoms with E-state index in [2.05, 4.69) is 50.3 Å². The van der Waals surface area contributed by atoms with E-state index in [0.717, 1.165) is 44.9 Å². The molecule has 0 saturated carbocycles. The van der Waals surface area contributed by atoms with Crippen LogP contribution < -0.4 is 5.73 Å². The molecule has 0 saturated heterocycles. The molecule has 0 aliphatic rings. The molecular formula is C67H128NO8P. The van der Waals surface area contributed by atoms with Gasteiger partial charge in [-0.15, -0.1) is 0 Å². The molecule has 2 unspecified atom stereocenters. The number of hydrogen-bond acceptors (Lipinski definition) is 8. The number of allylic oxidation sites excluding steroid dienone is 6. The highest BCUT2D eigenvalue weighted by atomic mass is 31.2. The predicted molar refractivity (Wildman–Crippen MR) is 330 cm³/mol. The summed E-state index contributed by atoms with van der Waals surface area (Å²) in [5.41, 5.74) is 5.40. The van der Waals surface area contributed by atoms with Crippen LogP contribution in [0.3, 0.4) is 0 Å². The minimum absolute atomic E-state index is 0.0547. The zero-order valence-corrected chi connectivity index (χ0v) is 51.9. The van der Waals surface area contributed by atoms with Gasteiger partial charge in [0.05, 0.1) is 13.2 Å². The van der Waals surface area contributed by atoms with Gasteiger partial charge in [-0.2, -0.15) is 0 Å². The molecule has 0 heterocycles. The van der Waals surface area contributed by atoms with Crippen molar-refractivity contribution < 1.29 is 37.6 Å². The first-order valence-electron chi connectivity index (χ1n) is 33.5. The summed E-state index contributed by atoms with van der Waals surface area (Å²) in [4.78, 5) is 35.3. The number of carbonyl (C=O) groups excluding carboxylic acids is 2. The number of phosphoric ester groups is 1. The van der Waals surface area contributed by atoms with E-state index in [1.807, 2.05) is 0 Å². The summed E-state index contributed by atoms with van der Waals surface area (Å²) in [6, 6.07) is 0. The van der Waals surface area contributed by atoms with Crippen molar-refractivity contribution in [3.05, 3.63) is 36.5 Å². The maximum Gasteiger partial charge on any atom is 0.472 e. The average molecular weight is 1110 g/mol. The summed E-state index contributed by atoms with van der Waals surface area (Å²) in [7, 11) is -4.39. The van der Waals surface area contributed by atoms with E-state index in [1.54, 1.807) is 0 Å². The number of phosphoric acid groups is 1. The molecule has 0 fully saturated rings. The smallest absolute Gasteiger partial charge is 0.462 e. The molecule has 3 N–H and O–H groups in total. The number of carbonyl (C=O) groups is 2. The highest BCUT2D eigenvalue weighted by Gasteiger charge is 2.26. The summed E-state index contributed by atoms with van der Waals surface area (Å²) < 4.78 is 33.1. The van der Waals surface area contributed by atoms with Crippen LogP contribution >= 0.6 is 7.82 Å². The van der Waals surface area contributed by atoms with Crippen LogP contribution in [0.4, 0.5) is 0 Å². The lowest BCUT2D eigenvalue weighted by atomic mass is 10.0. The van der Waals surface area contributed by atoms with Gasteiger partial charge >= 0.3 is 19.8 Å². The Bertz CT molecular complexity index is 1350. The SMILES string of the molecule is CCCCCCC/C=C\C/C=C\CCCCCCCCCCCCCC(=O)OC(COC(=O)CCCCCCCCCCCCCCCCCCCCCCC/C=C\CCCCCCCCCC)COP(=O)(O)OCCN. The summed E-state index contributed by atoms with van der Waals surface area (Å²) in [6.07, 6.45) is 78.1. The minimum atomic E-state index is -4.39. The van der Waals surface area contributed by atoms with Gasteiger partial charge in [0.15, 0.2) is 6.10 Å². The first-order valence-corrected chi connectivity index (χ1v) is 35.0. The minimum Gasteiger partial charge on any atom is -0.462 e. The van der Waals surface area contributed by atoms with Crippen LogP contribution in [0.25, 0.3) is 0 Å². The largest absolute Gasteiger partial charge is 0.472 e. The van der Waals surface area contributed by atoms with Gasteiger partial charge in [-0.25, -0.2) is 4.57 Å². The fourth-order valence-corrected chi connectivity index (χ4v) is 10.8. The lowest BCUT2D eigenvalue weighted by Gasteiger charge is -2.19. The van der Waals surface area contributed by atoms with Gasteiger partial charge < -0.3 is 20.1 Å². The number of hydrogen-bond donors (Lipinski definition) is 2. The van der Waals surface area contributed by atoms with Crippen LogP contribution in [-0.4, -0.2) is 49.3 Å². The molecule has 2 atom stereocenters. The molecule has 0 aliphatic heterocycles. The van der Waals surface area contributed by atoms with Crippen LogP contribution in [0, 0.1) is 0 Å². The van der Waals surface area contributed by atoms with Crippen LogP contribution in [0.1, 0.15) is 348 Å². The molecule has 77 heavy (non-hydrogen) atoms. The predicted octanol–water partition coefficient (Wildman–Crippen LogP) is 21.5. The molecule has 0 amide bonds. The van der Waals surface area contributed by atoms with Gasteiger partial charge in [0.2, 0.25) is 0 Å². The van der Waals surface area contributed by atoms with Crippen molar-refractivity contribution in [2.24, 2.45) is 5.73 Å². The van der Waals surface area contributed by atoms with Gasteiger partial charge in [0.25, 0.3) is 0 Å². The Morgan fingerprint density at radius 3 is 1.00 bits per heavy atom. The number of nitrogens with two attached hydrogens (primary N) is 1. The third-order valence-corrected chi connectivity index (χ3v) is 16.0. The zero-order valence-electron chi connectivity index (χ0n) is 51.0. The van der Waals surface area contributed by atoms with Crippen molar-refractivity contribution in [2.45, 2.75) is 354 Å². The van der Waals surface area contributed by atoms with E-state index >= 15 is 0 Å². The maximum atomic E-state index is 12.7. The van der Waals surface area contributed by atoms with E-state index in [4.69, 9.17) is 24.3 Å². The lowest BCUT2D eigenvalue weighted by molar-refractivity contribution is -0.161. The molecule has 454 valence electrons. The molecule has 0 spiro atoms. The van der Waals surface area contributed by atoms with E-state index in [0.29, 0.717) is 6.42 Å². The molecule has 0 bridgehead atoms. The second kappa shape index (κ2) is 63.4. The first-order chi connectivity index (χ1) is 37.8. The van der Waals surface area contributed by atoms with E-state index in [-0.39, 0.29) is 38.6 Å². The van der Waals surface area contributed by atoms with Crippen molar-refractivity contribution in [1.29, 1.82) is 0 Å². The van der Waals surface area contributed by atoms with Crippen molar-refractivity contribution >= 4 is 19.8 Å². The van der Waals surface area contributed by atoms with Crippen LogP contribution in [0.5, 0.6) is 0 Å². The van der Waals surface area contributed by atoms with E-state index in [1.165, 1.54) is 270 Å². The van der Waals surface area contributed by atoms with Crippen LogP contribution in [0.15, 0.2) is 36.5 Å². The number of esters is 2. The molecular weight excluding hydrogens is 978 g/mol. The van der Waals surface area contributed by atoms with Gasteiger partial charge in [-0.05, 0) is 70.6 Å². The van der Waals surface area contributed by atoms with E-state index < -0.39 is 26.5 Å². The fourth-order valence-electron chi connectivity index (χ4n) is 10.0. The normalized spacial score (nSPS) is 13.1. The van der Waals surface area contributed by atoms with Gasteiger partial charge in [0, 0.05) is 19.4 Å². The van der Waals surface area contributed by atoms with E-state index in [9.17, 15) is 19.0 Å². The van der Waals surface area contributed by atoms with Crippen molar-refractivity contribution in [3.63, 3.8) is 0 Å². The Morgan fingerprint density at radius 2 is 0.675 bits per heavy atom. The molecule has 0 aromatic rings. The second-order valence-corrected chi connectivity index (χ2v) is 24.1. The third kappa shape index (κ3) is 63.3. The van der Waals surface area contributed by atoms with Gasteiger partial charge in [0.1, 0.15) is 6.61 Å². The summed E-state index contributed by atoms with van der Waals surface area (Å²) in [5, 5.41) is 0. The molecule has 0 aliphatic carbocycles. The number of ether oxygens (including phenoxy) is 2. The summed E-state index contributed by atoms with van der Waals surface area (Å²) >= 11 is 0. The molecule has 0 radical (unpaired) electrons. The Balaban J connectivity index is 3.83. The molecule has 0 aromatic carbocycles. The van der Waals surface area contributed by atoms with Gasteiger partial charge in [-0.3, -0.25) is 18.6 Å². The maximum absolute atomic E-state index is 12.7. The summed E-state index contributed by atoms with van der Waals surface area (Å²) in [5.74, 6) is -0.812. The average Bonchev–Trinajstić information content (AvgIpc) is 3.42. The summed E-state index contributed by atoms with van der Waals surface area (Å²) in [6.45, 7) is 3.79.